The van der Waals surface area contributed by atoms with Gasteiger partial charge in [-0.2, -0.15) is 0 Å². The summed E-state index contributed by atoms with van der Waals surface area (Å²) in [5.41, 5.74) is 2.10. The summed E-state index contributed by atoms with van der Waals surface area (Å²) < 4.78 is 44.7. The molecule has 0 spiro atoms. The van der Waals surface area contributed by atoms with Crippen LogP contribution < -0.4 is 19.1 Å². The molecule has 0 bridgehead atoms. The van der Waals surface area contributed by atoms with Gasteiger partial charge in [0.05, 0.1) is 32.7 Å². The Labute approximate surface area is 192 Å². The summed E-state index contributed by atoms with van der Waals surface area (Å²) in [5, 5.41) is 2.71. The van der Waals surface area contributed by atoms with Crippen LogP contribution in [0.25, 0.3) is 6.08 Å². The second kappa shape index (κ2) is 9.41. The van der Waals surface area contributed by atoms with Crippen molar-refractivity contribution in [2.24, 2.45) is 0 Å². The SMILES string of the molecule is COc1cc(/C=C/C(=O)NCc2ccco2)cc(S(=O)(=O)N2CCc3ccccc32)c1OC. The van der Waals surface area contributed by atoms with Crippen LogP contribution >= 0.6 is 0 Å². The molecule has 0 aliphatic carbocycles. The van der Waals surface area contributed by atoms with Gasteiger partial charge in [-0.1, -0.05) is 18.2 Å². The second-order valence-electron chi connectivity index (χ2n) is 7.34. The molecule has 0 saturated carbocycles. The van der Waals surface area contributed by atoms with Crippen LogP contribution in [0.15, 0.2) is 70.2 Å². The van der Waals surface area contributed by atoms with Crippen molar-refractivity contribution in [3.63, 3.8) is 0 Å². The van der Waals surface area contributed by atoms with Crippen LogP contribution in [0, 0.1) is 0 Å². The van der Waals surface area contributed by atoms with Gasteiger partial charge in [0.15, 0.2) is 11.5 Å². The molecular weight excluding hydrogens is 444 g/mol. The Morgan fingerprint density at radius 1 is 1.15 bits per heavy atom. The third-order valence-corrected chi connectivity index (χ3v) is 7.14. The summed E-state index contributed by atoms with van der Waals surface area (Å²) in [5.74, 6) is 0.643. The lowest BCUT2D eigenvalue weighted by molar-refractivity contribution is -0.116. The van der Waals surface area contributed by atoms with E-state index in [1.54, 1.807) is 24.3 Å². The molecule has 2 aromatic carbocycles. The van der Waals surface area contributed by atoms with Crippen molar-refractivity contribution in [2.45, 2.75) is 17.9 Å². The Balaban J connectivity index is 1.65. The van der Waals surface area contributed by atoms with Gasteiger partial charge in [-0.25, -0.2) is 8.42 Å². The summed E-state index contributed by atoms with van der Waals surface area (Å²) >= 11 is 0. The Bertz CT molecular complexity index is 1280. The van der Waals surface area contributed by atoms with Crippen LogP contribution in [0.2, 0.25) is 0 Å². The molecule has 0 saturated heterocycles. The van der Waals surface area contributed by atoms with Crippen LogP contribution in [0.1, 0.15) is 16.9 Å². The molecule has 3 aromatic rings. The molecular formula is C24H24N2O6S. The van der Waals surface area contributed by atoms with Gasteiger partial charge in [0.1, 0.15) is 10.7 Å². The quantitative estimate of drug-likeness (QED) is 0.509. The second-order valence-corrected chi connectivity index (χ2v) is 9.17. The lowest BCUT2D eigenvalue weighted by Crippen LogP contribution is -2.29. The molecule has 1 aliphatic rings. The number of carbonyl (C=O) groups excluding carboxylic acids is 1. The molecule has 33 heavy (non-hydrogen) atoms. The number of methoxy groups -OCH3 is 2. The fourth-order valence-corrected chi connectivity index (χ4v) is 5.44. The van der Waals surface area contributed by atoms with Crippen molar-refractivity contribution in [1.82, 2.24) is 5.32 Å². The smallest absolute Gasteiger partial charge is 0.268 e. The molecule has 2 heterocycles. The van der Waals surface area contributed by atoms with E-state index in [0.717, 1.165) is 5.56 Å². The molecule has 9 heteroatoms. The van der Waals surface area contributed by atoms with E-state index in [0.29, 0.717) is 30.0 Å². The van der Waals surface area contributed by atoms with Gasteiger partial charge in [0.2, 0.25) is 5.91 Å². The molecule has 1 N–H and O–H groups in total. The molecule has 0 unspecified atom stereocenters. The number of nitrogens with one attached hydrogen (secondary N) is 1. The first-order chi connectivity index (χ1) is 15.9. The van der Waals surface area contributed by atoms with E-state index in [2.05, 4.69) is 5.32 Å². The van der Waals surface area contributed by atoms with Gasteiger partial charge in [-0.3, -0.25) is 9.10 Å². The van der Waals surface area contributed by atoms with Gasteiger partial charge in [-0.05, 0) is 54.0 Å². The first-order valence-electron chi connectivity index (χ1n) is 10.3. The zero-order valence-electron chi connectivity index (χ0n) is 18.3. The highest BCUT2D eigenvalue weighted by atomic mass is 32.2. The zero-order chi connectivity index (χ0) is 23.4. The number of ether oxygens (including phenoxy) is 2. The van der Waals surface area contributed by atoms with Crippen molar-refractivity contribution >= 4 is 27.7 Å². The van der Waals surface area contributed by atoms with Gasteiger partial charge in [-0.15, -0.1) is 0 Å². The van der Waals surface area contributed by atoms with E-state index in [9.17, 15) is 13.2 Å². The van der Waals surface area contributed by atoms with Crippen molar-refractivity contribution in [3.05, 3.63) is 77.8 Å². The maximum absolute atomic E-state index is 13.6. The molecule has 8 nitrogen and oxygen atoms in total. The third-order valence-electron chi connectivity index (χ3n) is 5.32. The summed E-state index contributed by atoms with van der Waals surface area (Å²) in [7, 11) is -1.12. The molecule has 4 rings (SSSR count). The lowest BCUT2D eigenvalue weighted by atomic mass is 10.2. The number of para-hydroxylation sites is 1. The number of anilines is 1. The number of amides is 1. The summed E-state index contributed by atoms with van der Waals surface area (Å²) in [4.78, 5) is 12.2. The monoisotopic (exact) mass is 468 g/mol. The third kappa shape index (κ3) is 4.58. The highest BCUT2D eigenvalue weighted by Crippen LogP contribution is 2.40. The Morgan fingerprint density at radius 3 is 2.70 bits per heavy atom. The summed E-state index contributed by atoms with van der Waals surface area (Å²) in [6, 6.07) is 14.0. The largest absolute Gasteiger partial charge is 0.493 e. The van der Waals surface area contributed by atoms with E-state index in [-0.39, 0.29) is 28.8 Å². The van der Waals surface area contributed by atoms with E-state index >= 15 is 0 Å². The number of hydrogen-bond acceptors (Lipinski definition) is 6. The topological polar surface area (TPSA) is 98.1 Å². The highest BCUT2D eigenvalue weighted by molar-refractivity contribution is 7.93. The fraction of sp³-hybridized carbons (Fsp3) is 0.208. The molecule has 0 radical (unpaired) electrons. The number of benzene rings is 2. The van der Waals surface area contributed by atoms with Crippen LogP contribution in [-0.4, -0.2) is 35.1 Å². The number of hydrogen-bond donors (Lipinski definition) is 1. The van der Waals surface area contributed by atoms with Gasteiger partial charge >= 0.3 is 0 Å². The first-order valence-corrected chi connectivity index (χ1v) is 11.7. The predicted octanol–water partition coefficient (Wildman–Crippen LogP) is 3.38. The maximum atomic E-state index is 13.6. The number of fused-ring (bicyclic) bond motifs is 1. The lowest BCUT2D eigenvalue weighted by Gasteiger charge is -2.22. The van der Waals surface area contributed by atoms with E-state index in [1.807, 2.05) is 18.2 Å². The van der Waals surface area contributed by atoms with Crippen molar-refractivity contribution in [2.75, 3.05) is 25.1 Å². The highest BCUT2D eigenvalue weighted by Gasteiger charge is 2.34. The molecule has 172 valence electrons. The summed E-state index contributed by atoms with van der Waals surface area (Å²) in [6.07, 6.45) is 5.01. The van der Waals surface area contributed by atoms with E-state index in [1.165, 1.54) is 43.0 Å². The molecule has 0 fully saturated rings. The average Bonchev–Trinajstić information content (AvgIpc) is 3.50. The van der Waals surface area contributed by atoms with Gasteiger partial charge < -0.3 is 19.2 Å². The number of carbonyl (C=O) groups is 1. The zero-order valence-corrected chi connectivity index (χ0v) is 19.1. The van der Waals surface area contributed by atoms with Crippen LogP contribution in [0.3, 0.4) is 0 Å². The molecule has 1 amide bonds. The van der Waals surface area contributed by atoms with Crippen molar-refractivity contribution in [3.8, 4) is 11.5 Å². The Morgan fingerprint density at radius 2 is 1.97 bits per heavy atom. The fourth-order valence-electron chi connectivity index (χ4n) is 3.73. The number of furan rings is 1. The van der Waals surface area contributed by atoms with Crippen molar-refractivity contribution < 1.29 is 27.1 Å². The van der Waals surface area contributed by atoms with E-state index in [4.69, 9.17) is 13.9 Å². The van der Waals surface area contributed by atoms with Crippen LogP contribution in [0.4, 0.5) is 5.69 Å². The summed E-state index contributed by atoms with van der Waals surface area (Å²) in [6.45, 7) is 0.582. The van der Waals surface area contributed by atoms with Gasteiger partial charge in [0, 0.05) is 12.6 Å². The maximum Gasteiger partial charge on any atom is 0.268 e. The normalized spacial score (nSPS) is 13.2. The standard InChI is InChI=1S/C24H24N2O6S/c1-30-21-14-17(9-10-23(27)25-16-19-7-5-13-32-19)15-22(24(21)31-2)33(28,29)26-12-11-18-6-3-4-8-20(18)26/h3-10,13-15H,11-12,16H2,1-2H3,(H,25,27)/b10-9+. The number of rotatable bonds is 8. The van der Waals surface area contributed by atoms with Crippen LogP contribution in [-0.2, 0) is 27.8 Å². The number of sulfonamides is 1. The minimum atomic E-state index is -3.95. The predicted molar refractivity (Wildman–Crippen MR) is 124 cm³/mol. The minimum Gasteiger partial charge on any atom is -0.493 e. The average molecular weight is 469 g/mol. The molecule has 1 aromatic heterocycles. The van der Waals surface area contributed by atoms with Gasteiger partial charge in [0.25, 0.3) is 10.0 Å². The number of nitrogens with zero attached hydrogens (tertiary/aromatic N) is 1. The Kier molecular flexibility index (Phi) is 6.41. The van der Waals surface area contributed by atoms with E-state index < -0.39 is 10.0 Å². The first kappa shape index (κ1) is 22.5. The van der Waals surface area contributed by atoms with Crippen LogP contribution in [0.5, 0.6) is 11.5 Å². The Hall–Kier alpha value is -3.72. The minimum absolute atomic E-state index is 0.0308. The molecule has 0 atom stereocenters. The van der Waals surface area contributed by atoms with Crippen molar-refractivity contribution in [1.29, 1.82) is 0 Å². The molecule has 1 aliphatic heterocycles.